The van der Waals surface area contributed by atoms with Crippen LogP contribution in [0, 0.1) is 11.6 Å². The zero-order valence-corrected chi connectivity index (χ0v) is 16.7. The zero-order chi connectivity index (χ0) is 22.0. The van der Waals surface area contributed by atoms with Crippen LogP contribution in [0.4, 0.5) is 8.78 Å². The van der Waals surface area contributed by atoms with Gasteiger partial charge in [0.05, 0.1) is 11.1 Å². The standard InChI is InChI=1S/C22H18F2N4O4/c23-14-9-15-18(26-19(25-15)31-20-27-21(29)32-28-20)17(24)16(14)12-6-10-2-3-13(8-11(10)7-12)22(30)4-1-5-22/h2-3,8-9,12,30H,1,4-7H2,(H,25,26)(H,27,28,29)/t12-/m0/s1. The van der Waals surface area contributed by atoms with Crippen molar-refractivity contribution in [2.75, 3.05) is 0 Å². The van der Waals surface area contributed by atoms with Crippen molar-refractivity contribution in [2.24, 2.45) is 0 Å². The second-order valence-electron chi connectivity index (χ2n) is 8.50. The molecule has 2 heterocycles. The minimum Gasteiger partial charge on any atom is -0.389 e. The summed E-state index contributed by atoms with van der Waals surface area (Å²) in [6.45, 7) is 0. The lowest BCUT2D eigenvalue weighted by Crippen LogP contribution is -2.33. The van der Waals surface area contributed by atoms with Crippen molar-refractivity contribution in [1.29, 1.82) is 0 Å². The lowest BCUT2D eigenvalue weighted by Gasteiger charge is -2.37. The molecule has 0 aliphatic heterocycles. The molecule has 8 nitrogen and oxygen atoms in total. The van der Waals surface area contributed by atoms with Crippen molar-refractivity contribution in [3.63, 3.8) is 0 Å². The van der Waals surface area contributed by atoms with Gasteiger partial charge < -0.3 is 14.8 Å². The van der Waals surface area contributed by atoms with E-state index in [9.17, 15) is 14.3 Å². The van der Waals surface area contributed by atoms with Crippen LogP contribution in [-0.2, 0) is 18.4 Å². The number of nitrogens with one attached hydrogen (secondary N) is 2. The van der Waals surface area contributed by atoms with Gasteiger partial charge in [0, 0.05) is 11.6 Å². The normalized spacial score (nSPS) is 19.2. The molecule has 6 rings (SSSR count). The molecule has 0 spiro atoms. The molecule has 32 heavy (non-hydrogen) atoms. The van der Waals surface area contributed by atoms with Crippen molar-refractivity contribution in [2.45, 2.75) is 43.6 Å². The number of benzene rings is 2. The average molecular weight is 440 g/mol. The van der Waals surface area contributed by atoms with E-state index in [-0.39, 0.29) is 34.5 Å². The number of H-pyrrole nitrogens is 2. The highest BCUT2D eigenvalue weighted by Crippen LogP contribution is 2.44. The van der Waals surface area contributed by atoms with Crippen LogP contribution in [0.25, 0.3) is 11.0 Å². The highest BCUT2D eigenvalue weighted by Gasteiger charge is 2.37. The first-order valence-electron chi connectivity index (χ1n) is 10.4. The Bertz CT molecular complexity index is 1420. The maximum atomic E-state index is 15.4. The summed E-state index contributed by atoms with van der Waals surface area (Å²) < 4.78 is 39.9. The summed E-state index contributed by atoms with van der Waals surface area (Å²) in [6, 6.07) is 6.61. The Morgan fingerprint density at radius 1 is 1.12 bits per heavy atom. The van der Waals surface area contributed by atoms with Crippen LogP contribution in [0.2, 0.25) is 0 Å². The van der Waals surface area contributed by atoms with E-state index in [0.717, 1.165) is 36.0 Å². The van der Waals surface area contributed by atoms with Gasteiger partial charge in [0.2, 0.25) is 0 Å². The Labute approximate surface area is 179 Å². The molecule has 2 aromatic heterocycles. The Morgan fingerprint density at radius 3 is 2.66 bits per heavy atom. The van der Waals surface area contributed by atoms with E-state index < -0.39 is 23.0 Å². The molecule has 2 aromatic carbocycles. The Balaban J connectivity index is 1.32. The van der Waals surface area contributed by atoms with E-state index in [1.807, 2.05) is 18.2 Å². The van der Waals surface area contributed by atoms with Crippen molar-refractivity contribution >= 4 is 11.0 Å². The number of nitrogens with zero attached hydrogens (tertiary/aromatic N) is 2. The maximum Gasteiger partial charge on any atom is 0.441 e. The number of hydrogen-bond acceptors (Lipinski definition) is 6. The highest BCUT2D eigenvalue weighted by atomic mass is 19.1. The molecule has 2 aliphatic rings. The molecule has 0 bridgehead atoms. The average Bonchev–Trinajstić information content (AvgIpc) is 3.44. The van der Waals surface area contributed by atoms with Gasteiger partial charge in [-0.2, -0.15) is 4.98 Å². The minimum atomic E-state index is -0.816. The number of rotatable bonds is 4. The third kappa shape index (κ3) is 2.94. The summed E-state index contributed by atoms with van der Waals surface area (Å²) in [6.07, 6.45) is 3.45. The second-order valence-corrected chi connectivity index (χ2v) is 8.50. The molecular weight excluding hydrogens is 422 g/mol. The number of aromatic nitrogens is 4. The number of aromatic amines is 2. The Hall–Kier alpha value is -3.53. The van der Waals surface area contributed by atoms with Gasteiger partial charge in [-0.3, -0.25) is 4.52 Å². The van der Waals surface area contributed by atoms with Gasteiger partial charge in [-0.25, -0.2) is 18.6 Å². The zero-order valence-electron chi connectivity index (χ0n) is 16.7. The van der Waals surface area contributed by atoms with Gasteiger partial charge in [-0.1, -0.05) is 18.2 Å². The monoisotopic (exact) mass is 440 g/mol. The second kappa shape index (κ2) is 6.73. The predicted octanol–water partition coefficient (Wildman–Crippen LogP) is 3.56. The fourth-order valence-corrected chi connectivity index (χ4v) is 4.76. The SMILES string of the molecule is O=c1[nH]c(Oc2nc3c(F)c([C@H]4Cc5ccc(C6(O)CCC6)cc5C4)c(F)cc3[nH]2)no1. The van der Waals surface area contributed by atoms with Crippen LogP contribution in [0.5, 0.6) is 12.0 Å². The largest absolute Gasteiger partial charge is 0.441 e. The third-order valence-corrected chi connectivity index (χ3v) is 6.56. The maximum absolute atomic E-state index is 15.4. The summed E-state index contributed by atoms with van der Waals surface area (Å²) >= 11 is 0. The van der Waals surface area contributed by atoms with Gasteiger partial charge in [-0.05, 0) is 59.9 Å². The van der Waals surface area contributed by atoms with Crippen molar-refractivity contribution in [1.82, 2.24) is 20.1 Å². The number of ether oxygens (including phenoxy) is 1. The molecule has 1 atom stereocenters. The van der Waals surface area contributed by atoms with E-state index in [2.05, 4.69) is 24.6 Å². The van der Waals surface area contributed by atoms with Gasteiger partial charge in [0.25, 0.3) is 0 Å². The van der Waals surface area contributed by atoms with Crippen LogP contribution in [0.3, 0.4) is 0 Å². The Morgan fingerprint density at radius 2 is 1.94 bits per heavy atom. The number of aliphatic hydroxyl groups is 1. The van der Waals surface area contributed by atoms with Crippen LogP contribution in [0.15, 0.2) is 33.6 Å². The van der Waals surface area contributed by atoms with E-state index >= 15 is 4.39 Å². The fraction of sp³-hybridized carbons (Fsp3) is 0.318. The minimum absolute atomic E-state index is 0.0227. The summed E-state index contributed by atoms with van der Waals surface area (Å²) in [5.41, 5.74) is 2.17. The van der Waals surface area contributed by atoms with Gasteiger partial charge >= 0.3 is 17.8 Å². The summed E-state index contributed by atoms with van der Waals surface area (Å²) in [5.74, 6) is -2.62. The summed E-state index contributed by atoms with van der Waals surface area (Å²) in [7, 11) is 0. The van der Waals surface area contributed by atoms with Crippen LogP contribution < -0.4 is 10.5 Å². The van der Waals surface area contributed by atoms with E-state index in [0.29, 0.717) is 12.8 Å². The Kier molecular flexibility index (Phi) is 4.03. The quantitative estimate of drug-likeness (QED) is 0.447. The van der Waals surface area contributed by atoms with Gasteiger partial charge in [-0.15, -0.1) is 0 Å². The van der Waals surface area contributed by atoms with Gasteiger partial charge in [0.1, 0.15) is 11.3 Å². The van der Waals surface area contributed by atoms with Crippen molar-refractivity contribution in [3.8, 4) is 12.0 Å². The highest BCUT2D eigenvalue weighted by molar-refractivity contribution is 5.78. The first-order valence-corrected chi connectivity index (χ1v) is 10.4. The molecule has 4 aromatic rings. The topological polar surface area (TPSA) is 117 Å². The smallest absolute Gasteiger partial charge is 0.389 e. The molecule has 0 unspecified atom stereocenters. The van der Waals surface area contributed by atoms with Crippen LogP contribution in [0.1, 0.15) is 47.4 Å². The molecule has 10 heteroatoms. The molecular formula is C22H18F2N4O4. The predicted molar refractivity (Wildman–Crippen MR) is 108 cm³/mol. The molecule has 0 saturated heterocycles. The van der Waals surface area contributed by atoms with Crippen molar-refractivity contribution in [3.05, 3.63) is 68.7 Å². The summed E-state index contributed by atoms with van der Waals surface area (Å²) in [4.78, 5) is 19.9. The number of halogens is 2. The van der Waals surface area contributed by atoms with E-state index in [4.69, 9.17) is 4.74 Å². The lowest BCUT2D eigenvalue weighted by atomic mass is 9.74. The van der Waals surface area contributed by atoms with E-state index in [1.54, 1.807) is 0 Å². The molecule has 3 N–H and O–H groups in total. The van der Waals surface area contributed by atoms with Crippen molar-refractivity contribution < 1.29 is 23.1 Å². The first kappa shape index (κ1) is 19.2. The van der Waals surface area contributed by atoms with Crippen LogP contribution in [-0.4, -0.2) is 25.2 Å². The molecule has 1 fully saturated rings. The lowest BCUT2D eigenvalue weighted by molar-refractivity contribution is -0.0388. The number of imidazole rings is 1. The molecule has 0 amide bonds. The first-order chi connectivity index (χ1) is 15.4. The number of hydrogen-bond donors (Lipinski definition) is 3. The summed E-state index contributed by atoms with van der Waals surface area (Å²) in [5, 5.41) is 14.0. The third-order valence-electron chi connectivity index (χ3n) is 6.56. The molecule has 1 saturated carbocycles. The number of fused-ring (bicyclic) bond motifs is 2. The molecule has 2 aliphatic carbocycles. The van der Waals surface area contributed by atoms with E-state index in [1.165, 1.54) is 6.07 Å². The fourth-order valence-electron chi connectivity index (χ4n) is 4.76. The molecule has 164 valence electrons. The molecule has 0 radical (unpaired) electrons. The van der Waals surface area contributed by atoms with Gasteiger partial charge in [0.15, 0.2) is 5.82 Å². The van der Waals surface area contributed by atoms with Crippen LogP contribution >= 0.6 is 0 Å².